The number of nitrogens with zero attached hydrogens (tertiary/aromatic N) is 1. The third kappa shape index (κ3) is 4.94. The van der Waals surface area contributed by atoms with E-state index in [1.54, 1.807) is 19.1 Å². The Morgan fingerprint density at radius 1 is 1.35 bits per heavy atom. The number of hydrogen-bond donors (Lipinski definition) is 2. The lowest BCUT2D eigenvalue weighted by molar-refractivity contribution is -0.137. The number of halogens is 1. The van der Waals surface area contributed by atoms with Crippen molar-refractivity contribution in [2.24, 2.45) is 0 Å². The van der Waals surface area contributed by atoms with Crippen LogP contribution in [0.15, 0.2) is 28.7 Å². The van der Waals surface area contributed by atoms with Gasteiger partial charge in [0.25, 0.3) is 0 Å². The van der Waals surface area contributed by atoms with Crippen LogP contribution in [-0.4, -0.2) is 36.6 Å². The third-order valence-electron chi connectivity index (χ3n) is 2.81. The second-order valence-corrected chi connectivity index (χ2v) is 5.42. The molecule has 1 rings (SSSR count). The molecule has 5 nitrogen and oxygen atoms in total. The normalized spacial score (nSPS) is 11.8. The molecule has 0 radical (unpaired) electrons. The van der Waals surface area contributed by atoms with Crippen molar-refractivity contribution in [1.82, 2.24) is 5.32 Å². The van der Waals surface area contributed by atoms with Crippen LogP contribution >= 0.6 is 15.9 Å². The summed E-state index contributed by atoms with van der Waals surface area (Å²) in [6.45, 7) is 2.09. The number of benzene rings is 1. The van der Waals surface area contributed by atoms with Gasteiger partial charge in [-0.05, 0) is 44.0 Å². The number of aliphatic hydroxyl groups is 1. The summed E-state index contributed by atoms with van der Waals surface area (Å²) in [5.41, 5.74) is 0.660. The summed E-state index contributed by atoms with van der Waals surface area (Å²) < 4.78 is 0.901. The Labute approximate surface area is 127 Å². The molecule has 0 fully saturated rings. The molecule has 0 saturated heterocycles. The molecule has 1 unspecified atom stereocenters. The van der Waals surface area contributed by atoms with Crippen molar-refractivity contribution >= 4 is 33.4 Å². The van der Waals surface area contributed by atoms with Crippen molar-refractivity contribution in [2.45, 2.75) is 25.9 Å². The van der Waals surface area contributed by atoms with Crippen molar-refractivity contribution in [3.63, 3.8) is 0 Å². The number of nitrogens with one attached hydrogen (secondary N) is 1. The van der Waals surface area contributed by atoms with Gasteiger partial charge in [0, 0.05) is 23.8 Å². The smallest absolute Gasteiger partial charge is 0.316 e. The zero-order valence-corrected chi connectivity index (χ0v) is 13.2. The summed E-state index contributed by atoms with van der Waals surface area (Å²) in [7, 11) is 1.43. The van der Waals surface area contributed by atoms with Gasteiger partial charge in [-0.1, -0.05) is 15.9 Å². The molecule has 0 aliphatic carbocycles. The molecular weight excluding hydrogens is 324 g/mol. The zero-order valence-electron chi connectivity index (χ0n) is 11.6. The number of hydrogen-bond acceptors (Lipinski definition) is 3. The molecular formula is C14H19BrN2O3. The van der Waals surface area contributed by atoms with Crippen LogP contribution in [0.4, 0.5) is 5.69 Å². The molecule has 0 aliphatic heterocycles. The van der Waals surface area contributed by atoms with Crippen molar-refractivity contribution in [1.29, 1.82) is 0 Å². The van der Waals surface area contributed by atoms with E-state index >= 15 is 0 Å². The monoisotopic (exact) mass is 342 g/mol. The van der Waals surface area contributed by atoms with E-state index in [1.807, 2.05) is 12.1 Å². The molecule has 1 aromatic carbocycles. The molecule has 20 heavy (non-hydrogen) atoms. The predicted octanol–water partition coefficient (Wildman–Crippen LogP) is 1.69. The summed E-state index contributed by atoms with van der Waals surface area (Å²) in [6, 6.07) is 7.17. The second-order valence-electron chi connectivity index (χ2n) is 4.50. The Bertz CT molecular complexity index is 460. The number of aliphatic hydroxyl groups excluding tert-OH is 1. The molecule has 6 heteroatoms. The van der Waals surface area contributed by atoms with Crippen LogP contribution in [0, 0.1) is 0 Å². The molecule has 1 aromatic rings. The molecule has 0 aromatic heterocycles. The van der Waals surface area contributed by atoms with Crippen LogP contribution < -0.4 is 10.2 Å². The van der Waals surface area contributed by atoms with E-state index in [0.29, 0.717) is 25.1 Å². The lowest BCUT2D eigenvalue weighted by Crippen LogP contribution is -2.42. The molecule has 0 aliphatic rings. The summed E-state index contributed by atoms with van der Waals surface area (Å²) in [4.78, 5) is 25.0. The minimum atomic E-state index is -0.648. The topological polar surface area (TPSA) is 69.6 Å². The van der Waals surface area contributed by atoms with Crippen molar-refractivity contribution in [2.75, 3.05) is 18.5 Å². The van der Waals surface area contributed by atoms with Crippen LogP contribution in [0.25, 0.3) is 0 Å². The van der Waals surface area contributed by atoms with Crippen LogP contribution in [-0.2, 0) is 9.59 Å². The molecule has 2 N–H and O–H groups in total. The summed E-state index contributed by atoms with van der Waals surface area (Å²) in [6.07, 6.45) is 0.779. The van der Waals surface area contributed by atoms with Gasteiger partial charge in [-0.25, -0.2) is 0 Å². The fourth-order valence-corrected chi connectivity index (χ4v) is 2.01. The van der Waals surface area contributed by atoms with Crippen LogP contribution in [0.1, 0.15) is 19.8 Å². The Morgan fingerprint density at radius 2 is 1.95 bits per heavy atom. The van der Waals surface area contributed by atoms with Crippen molar-refractivity contribution in [3.8, 4) is 0 Å². The van der Waals surface area contributed by atoms with Gasteiger partial charge in [0.2, 0.25) is 0 Å². The largest absolute Gasteiger partial charge is 0.393 e. The first-order chi connectivity index (χ1) is 9.45. The van der Waals surface area contributed by atoms with Crippen molar-refractivity contribution < 1.29 is 14.7 Å². The first-order valence-electron chi connectivity index (χ1n) is 6.43. The molecule has 2 amide bonds. The van der Waals surface area contributed by atoms with Crippen molar-refractivity contribution in [3.05, 3.63) is 28.7 Å². The van der Waals surface area contributed by atoms with E-state index in [-0.39, 0.29) is 0 Å². The molecule has 0 bridgehead atoms. The number of carbonyl (C=O) groups is 2. The summed E-state index contributed by atoms with van der Waals surface area (Å²) >= 11 is 3.33. The first kappa shape index (κ1) is 16.7. The molecule has 0 spiro atoms. The Morgan fingerprint density at radius 3 is 2.45 bits per heavy atom. The maximum absolute atomic E-state index is 12.1. The highest BCUT2D eigenvalue weighted by atomic mass is 79.9. The van der Waals surface area contributed by atoms with E-state index < -0.39 is 17.9 Å². The Hall–Kier alpha value is -1.40. The van der Waals surface area contributed by atoms with E-state index in [9.17, 15) is 14.7 Å². The number of carbonyl (C=O) groups excluding carboxylic acids is 2. The van der Waals surface area contributed by atoms with E-state index in [1.165, 1.54) is 11.9 Å². The van der Waals surface area contributed by atoms with E-state index in [0.717, 1.165) is 4.47 Å². The average molecular weight is 343 g/mol. The second kappa shape index (κ2) is 8.01. The van der Waals surface area contributed by atoms with Gasteiger partial charge >= 0.3 is 11.8 Å². The van der Waals surface area contributed by atoms with E-state index in [4.69, 9.17) is 0 Å². The minimum Gasteiger partial charge on any atom is -0.393 e. The lowest BCUT2D eigenvalue weighted by atomic mass is 10.2. The third-order valence-corrected chi connectivity index (χ3v) is 3.34. The van der Waals surface area contributed by atoms with Gasteiger partial charge in [-0.2, -0.15) is 0 Å². The van der Waals surface area contributed by atoms with E-state index in [2.05, 4.69) is 21.2 Å². The maximum atomic E-state index is 12.1. The zero-order chi connectivity index (χ0) is 15.1. The van der Waals surface area contributed by atoms with Gasteiger partial charge in [-0.3, -0.25) is 9.59 Å². The highest BCUT2D eigenvalue weighted by molar-refractivity contribution is 9.10. The molecule has 110 valence electrons. The van der Waals surface area contributed by atoms with Gasteiger partial charge in [-0.15, -0.1) is 0 Å². The van der Waals surface area contributed by atoms with Crippen LogP contribution in [0.2, 0.25) is 0 Å². The Balaban J connectivity index is 2.86. The van der Waals surface area contributed by atoms with Gasteiger partial charge < -0.3 is 15.3 Å². The summed E-state index contributed by atoms with van der Waals surface area (Å²) in [5, 5.41) is 11.6. The SMILES string of the molecule is CNC(=O)C(=O)N(CCCC(C)O)c1ccc(Br)cc1. The number of rotatable bonds is 5. The molecule has 0 saturated carbocycles. The Kier molecular flexibility index (Phi) is 6.67. The lowest BCUT2D eigenvalue weighted by Gasteiger charge is -2.22. The maximum Gasteiger partial charge on any atom is 0.316 e. The quantitative estimate of drug-likeness (QED) is 0.800. The average Bonchev–Trinajstić information content (AvgIpc) is 2.43. The minimum absolute atomic E-state index is 0.388. The number of likely N-dealkylation sites (N-methyl/N-ethyl adjacent to an activating group) is 1. The van der Waals surface area contributed by atoms with Gasteiger partial charge in [0.1, 0.15) is 0 Å². The number of amides is 2. The highest BCUT2D eigenvalue weighted by Crippen LogP contribution is 2.19. The molecule has 1 atom stereocenters. The first-order valence-corrected chi connectivity index (χ1v) is 7.22. The number of anilines is 1. The molecule has 0 heterocycles. The van der Waals surface area contributed by atoms with Gasteiger partial charge in [0.15, 0.2) is 0 Å². The predicted molar refractivity (Wildman–Crippen MR) is 81.5 cm³/mol. The standard InChI is InChI=1S/C14H19BrN2O3/c1-10(18)4-3-9-17(14(20)13(19)16-2)12-7-5-11(15)6-8-12/h5-8,10,18H,3-4,9H2,1-2H3,(H,16,19). The van der Waals surface area contributed by atoms with Crippen LogP contribution in [0.3, 0.4) is 0 Å². The fraction of sp³-hybridized carbons (Fsp3) is 0.429. The van der Waals surface area contributed by atoms with Crippen LogP contribution in [0.5, 0.6) is 0 Å². The van der Waals surface area contributed by atoms with Gasteiger partial charge in [0.05, 0.1) is 6.10 Å². The highest BCUT2D eigenvalue weighted by Gasteiger charge is 2.21. The summed E-state index contributed by atoms with van der Waals surface area (Å²) in [5.74, 6) is -1.25. The fourth-order valence-electron chi connectivity index (χ4n) is 1.74.